The van der Waals surface area contributed by atoms with Gasteiger partial charge in [-0.15, -0.1) is 0 Å². The lowest BCUT2D eigenvalue weighted by molar-refractivity contribution is 0.0280. The Morgan fingerprint density at radius 2 is 0.880 bits per heavy atom. The van der Waals surface area contributed by atoms with Gasteiger partial charge in [0.2, 0.25) is 0 Å². The number of imidazole rings is 2. The number of hydrogen-bond acceptors (Lipinski definition) is 4. The Bertz CT molecular complexity index is 1810. The standard InChI is InChI=1S/2C18H14Cl4N2O/c2*19-12-4-5-13(17(22)8-12)18(9-24-7-6-23-11-24)25-10-14-15(20)2-1-3-16(14)21/h2*1-8,11,18H,9-10H2/t2*18-/m10/s1. The fraction of sp³-hybridized carbons (Fsp3) is 0.167. The zero-order chi connectivity index (χ0) is 35.6. The zero-order valence-corrected chi connectivity index (χ0v) is 32.1. The van der Waals surface area contributed by atoms with Crippen molar-refractivity contribution in [1.29, 1.82) is 0 Å². The molecular formula is C36H28Cl8N4O2. The molecular weight excluding hydrogens is 804 g/mol. The van der Waals surface area contributed by atoms with Gasteiger partial charge in [0, 0.05) is 87.2 Å². The van der Waals surface area contributed by atoms with Crippen LogP contribution in [0.15, 0.2) is 110 Å². The summed E-state index contributed by atoms with van der Waals surface area (Å²) < 4.78 is 16.1. The fourth-order valence-electron chi connectivity index (χ4n) is 4.89. The molecule has 6 rings (SSSR count). The molecule has 0 bridgehead atoms. The van der Waals surface area contributed by atoms with Gasteiger partial charge in [0.1, 0.15) is 12.2 Å². The molecule has 0 radical (unpaired) electrons. The molecule has 2 aromatic heterocycles. The first-order chi connectivity index (χ1) is 24.1. The lowest BCUT2D eigenvalue weighted by Gasteiger charge is -2.21. The van der Waals surface area contributed by atoms with Crippen LogP contribution >= 0.6 is 92.8 Å². The predicted molar refractivity (Wildman–Crippen MR) is 205 cm³/mol. The number of nitrogens with zero attached hydrogens (tertiary/aromatic N) is 4. The van der Waals surface area contributed by atoms with Crippen LogP contribution in [-0.4, -0.2) is 19.1 Å². The number of hydrogen-bond donors (Lipinski definition) is 0. The van der Waals surface area contributed by atoms with E-state index >= 15 is 0 Å². The van der Waals surface area contributed by atoms with Crippen molar-refractivity contribution < 1.29 is 9.47 Å². The monoisotopic (exact) mass is 828 g/mol. The number of ether oxygens (including phenoxy) is 2. The van der Waals surface area contributed by atoms with Crippen molar-refractivity contribution in [2.24, 2.45) is 0 Å². The third-order valence-electron chi connectivity index (χ3n) is 7.47. The van der Waals surface area contributed by atoms with Crippen LogP contribution in [-0.2, 0) is 35.8 Å². The van der Waals surface area contributed by atoms with Gasteiger partial charge in [0.25, 0.3) is 0 Å². The SMILES string of the molecule is Clc1ccc([C@@H](Cn2ccnc2)OCc2c(Cl)cccc2Cl)c(Cl)c1.Clc1ccc([C@H](Cn2ccnc2)OCc2c(Cl)cccc2Cl)c(Cl)c1. The van der Waals surface area contributed by atoms with E-state index in [0.717, 1.165) is 22.3 Å². The Balaban J connectivity index is 0.000000194. The summed E-state index contributed by atoms with van der Waals surface area (Å²) in [5.74, 6) is 0. The lowest BCUT2D eigenvalue weighted by Crippen LogP contribution is -2.13. The minimum atomic E-state index is -0.314. The van der Waals surface area contributed by atoms with E-state index in [1.54, 1.807) is 85.7 Å². The van der Waals surface area contributed by atoms with Crippen molar-refractivity contribution in [2.45, 2.75) is 38.5 Å². The highest BCUT2D eigenvalue weighted by Gasteiger charge is 2.20. The van der Waals surface area contributed by atoms with Crippen molar-refractivity contribution in [3.8, 4) is 0 Å². The summed E-state index contributed by atoms with van der Waals surface area (Å²) in [6.45, 7) is 1.61. The Morgan fingerprint density at radius 1 is 0.500 bits per heavy atom. The maximum Gasteiger partial charge on any atom is 0.102 e. The largest absolute Gasteiger partial charge is 0.367 e. The first-order valence-electron chi connectivity index (χ1n) is 15.0. The number of benzene rings is 4. The molecule has 2 atom stereocenters. The minimum absolute atomic E-state index is 0.261. The molecule has 4 aromatic carbocycles. The topological polar surface area (TPSA) is 54.1 Å². The maximum atomic E-state index is 6.37. The summed E-state index contributed by atoms with van der Waals surface area (Å²) in [4.78, 5) is 8.13. The van der Waals surface area contributed by atoms with Crippen molar-refractivity contribution >= 4 is 92.8 Å². The highest BCUT2D eigenvalue weighted by molar-refractivity contribution is 6.37. The first kappa shape index (κ1) is 38.8. The summed E-state index contributed by atoms with van der Waals surface area (Å²) in [5.41, 5.74) is 3.16. The third-order valence-corrected chi connectivity index (χ3v) is 10.0. The highest BCUT2D eigenvalue weighted by Crippen LogP contribution is 2.34. The lowest BCUT2D eigenvalue weighted by atomic mass is 10.1. The quantitative estimate of drug-likeness (QED) is 0.123. The second-order valence-electron chi connectivity index (χ2n) is 10.9. The van der Waals surface area contributed by atoms with Gasteiger partial charge in [-0.2, -0.15) is 0 Å². The summed E-state index contributed by atoms with van der Waals surface area (Å²) in [6.07, 6.45) is 9.98. The second kappa shape index (κ2) is 18.9. The number of rotatable bonds is 12. The molecule has 0 amide bonds. The van der Waals surface area contributed by atoms with Gasteiger partial charge >= 0.3 is 0 Å². The van der Waals surface area contributed by atoms with Crippen LogP contribution in [0, 0.1) is 0 Å². The molecule has 0 aliphatic rings. The van der Waals surface area contributed by atoms with Crippen LogP contribution in [0.4, 0.5) is 0 Å². The van der Waals surface area contributed by atoms with Crippen LogP contribution < -0.4 is 0 Å². The molecule has 0 fully saturated rings. The van der Waals surface area contributed by atoms with Crippen LogP contribution in [0.25, 0.3) is 0 Å². The molecule has 14 heteroatoms. The average Bonchev–Trinajstić information content (AvgIpc) is 3.79. The molecule has 0 aliphatic heterocycles. The van der Waals surface area contributed by atoms with Crippen LogP contribution in [0.2, 0.25) is 40.2 Å². The first-order valence-corrected chi connectivity index (χ1v) is 18.0. The van der Waals surface area contributed by atoms with Gasteiger partial charge in [-0.05, 0) is 48.5 Å². The molecule has 0 saturated heterocycles. The van der Waals surface area contributed by atoms with Crippen molar-refractivity contribution in [2.75, 3.05) is 0 Å². The van der Waals surface area contributed by atoms with Gasteiger partial charge in [-0.3, -0.25) is 0 Å². The van der Waals surface area contributed by atoms with E-state index in [4.69, 9.17) is 102 Å². The van der Waals surface area contributed by atoms with Gasteiger partial charge in [-0.1, -0.05) is 117 Å². The van der Waals surface area contributed by atoms with Crippen LogP contribution in [0.1, 0.15) is 34.5 Å². The molecule has 50 heavy (non-hydrogen) atoms. The molecule has 260 valence electrons. The molecule has 0 unspecified atom stereocenters. The Hall–Kier alpha value is -2.46. The second-order valence-corrected chi connectivity index (χ2v) is 14.2. The van der Waals surface area contributed by atoms with E-state index in [1.165, 1.54) is 0 Å². The molecule has 2 heterocycles. The minimum Gasteiger partial charge on any atom is -0.367 e. The Morgan fingerprint density at radius 3 is 1.20 bits per heavy atom. The van der Waals surface area contributed by atoms with E-state index in [9.17, 15) is 0 Å². The van der Waals surface area contributed by atoms with E-state index < -0.39 is 0 Å². The normalized spacial score (nSPS) is 12.3. The van der Waals surface area contributed by atoms with Gasteiger partial charge in [0.15, 0.2) is 0 Å². The number of halogens is 8. The summed E-state index contributed by atoms with van der Waals surface area (Å²) in [7, 11) is 0. The summed E-state index contributed by atoms with van der Waals surface area (Å²) >= 11 is 49.7. The summed E-state index contributed by atoms with van der Waals surface area (Å²) in [6, 6.07) is 21.4. The molecule has 0 N–H and O–H groups in total. The van der Waals surface area contributed by atoms with Gasteiger partial charge in [-0.25, -0.2) is 9.97 Å². The molecule has 6 aromatic rings. The van der Waals surface area contributed by atoms with E-state index in [0.29, 0.717) is 53.3 Å². The zero-order valence-electron chi connectivity index (χ0n) is 26.0. The van der Waals surface area contributed by atoms with Crippen LogP contribution in [0.5, 0.6) is 0 Å². The number of aromatic nitrogens is 4. The smallest absolute Gasteiger partial charge is 0.102 e. The summed E-state index contributed by atoms with van der Waals surface area (Å²) in [5, 5.41) is 4.50. The Labute approximate surface area is 330 Å². The van der Waals surface area contributed by atoms with Gasteiger partial charge < -0.3 is 18.6 Å². The maximum absolute atomic E-state index is 6.37. The van der Waals surface area contributed by atoms with Crippen molar-refractivity contribution in [1.82, 2.24) is 19.1 Å². The molecule has 6 nitrogen and oxygen atoms in total. The Kier molecular flexibility index (Phi) is 14.6. The van der Waals surface area contributed by atoms with Crippen molar-refractivity contribution in [3.05, 3.63) is 173 Å². The molecule has 0 saturated carbocycles. The van der Waals surface area contributed by atoms with Crippen LogP contribution in [0.3, 0.4) is 0 Å². The fourth-order valence-corrected chi connectivity index (χ4v) is 6.96. The third kappa shape index (κ3) is 10.8. The van der Waals surface area contributed by atoms with Crippen molar-refractivity contribution in [3.63, 3.8) is 0 Å². The average molecular weight is 832 g/mol. The highest BCUT2D eigenvalue weighted by atomic mass is 35.5. The van der Waals surface area contributed by atoms with Gasteiger partial charge in [0.05, 0.1) is 39.0 Å². The molecule has 0 spiro atoms. The predicted octanol–water partition coefficient (Wildman–Crippen LogP) is 12.9. The van der Waals surface area contributed by atoms with E-state index in [-0.39, 0.29) is 25.4 Å². The van der Waals surface area contributed by atoms with E-state index in [1.807, 2.05) is 33.7 Å². The van der Waals surface area contributed by atoms with E-state index in [2.05, 4.69) is 9.97 Å². The molecule has 0 aliphatic carbocycles.